The normalized spacial score (nSPS) is 21.2. The number of carbonyl (C=O) groups is 1. The quantitative estimate of drug-likeness (QED) is 0.512. The maximum absolute atomic E-state index is 14.5. The lowest BCUT2D eigenvalue weighted by Crippen LogP contribution is -2.36. The van der Waals surface area contributed by atoms with Crippen molar-refractivity contribution in [1.82, 2.24) is 10.7 Å². The summed E-state index contributed by atoms with van der Waals surface area (Å²) in [6, 6.07) is 4.66. The maximum atomic E-state index is 14.5. The fourth-order valence-electron chi connectivity index (χ4n) is 2.64. The molecule has 25 heavy (non-hydrogen) atoms. The molecule has 1 aromatic rings. The number of anilines is 2. The van der Waals surface area contributed by atoms with Crippen LogP contribution in [0.3, 0.4) is 0 Å². The number of hydrogen-bond acceptors (Lipinski definition) is 8. The molecule has 0 radical (unpaired) electrons. The van der Waals surface area contributed by atoms with Gasteiger partial charge in [0, 0.05) is 20.2 Å². The Bertz CT molecular complexity index is 662. The van der Waals surface area contributed by atoms with Gasteiger partial charge in [-0.2, -0.15) is 5.10 Å². The van der Waals surface area contributed by atoms with Gasteiger partial charge >= 0.3 is 6.09 Å². The number of nitrogens with one attached hydrogen (secondary N) is 2. The van der Waals surface area contributed by atoms with E-state index in [9.17, 15) is 9.18 Å². The van der Waals surface area contributed by atoms with E-state index in [1.54, 1.807) is 17.0 Å². The topological polar surface area (TPSA) is 78.4 Å². The summed E-state index contributed by atoms with van der Waals surface area (Å²) >= 11 is 4.14. The Morgan fingerprint density at radius 1 is 1.60 bits per heavy atom. The molecule has 2 heterocycles. The van der Waals surface area contributed by atoms with E-state index in [4.69, 9.17) is 9.47 Å². The van der Waals surface area contributed by atoms with E-state index in [-0.39, 0.29) is 6.10 Å². The molecule has 1 amide bonds. The molecule has 1 saturated heterocycles. The number of thiol groups is 1. The van der Waals surface area contributed by atoms with Crippen molar-refractivity contribution in [3.8, 4) is 0 Å². The monoisotopic (exact) mass is 369 g/mol. The van der Waals surface area contributed by atoms with Crippen molar-refractivity contribution in [2.45, 2.75) is 11.7 Å². The van der Waals surface area contributed by atoms with Crippen LogP contribution in [0.25, 0.3) is 0 Å². The van der Waals surface area contributed by atoms with Gasteiger partial charge in [-0.05, 0) is 18.2 Å². The van der Waals surface area contributed by atoms with Crippen LogP contribution in [0.2, 0.25) is 0 Å². The third kappa shape index (κ3) is 4.14. The van der Waals surface area contributed by atoms with Gasteiger partial charge in [0.25, 0.3) is 0 Å². The van der Waals surface area contributed by atoms with Gasteiger partial charge in [-0.1, -0.05) is 0 Å². The Morgan fingerprint density at radius 2 is 2.44 bits per heavy atom. The second-order valence-corrected chi connectivity index (χ2v) is 6.06. The summed E-state index contributed by atoms with van der Waals surface area (Å²) in [7, 11) is 1.52. The minimum Gasteiger partial charge on any atom is -0.443 e. The second-order valence-electron chi connectivity index (χ2n) is 5.59. The van der Waals surface area contributed by atoms with Gasteiger partial charge in [0.2, 0.25) is 0 Å². The Balaban J connectivity index is 1.67. The Labute approximate surface area is 150 Å². The molecule has 0 aliphatic carbocycles. The lowest BCUT2D eigenvalue weighted by Gasteiger charge is -2.24. The molecule has 10 heteroatoms. The highest BCUT2D eigenvalue weighted by Crippen LogP contribution is 2.27. The van der Waals surface area contributed by atoms with Crippen molar-refractivity contribution in [2.75, 3.05) is 43.1 Å². The van der Waals surface area contributed by atoms with Gasteiger partial charge < -0.3 is 19.8 Å². The van der Waals surface area contributed by atoms with E-state index in [1.165, 1.54) is 24.4 Å². The van der Waals surface area contributed by atoms with Gasteiger partial charge in [0.05, 0.1) is 24.5 Å². The van der Waals surface area contributed by atoms with Crippen LogP contribution in [0.1, 0.15) is 0 Å². The van der Waals surface area contributed by atoms with Gasteiger partial charge in [-0.25, -0.2) is 9.18 Å². The molecule has 1 unspecified atom stereocenters. The molecular weight excluding hydrogens is 349 g/mol. The van der Waals surface area contributed by atoms with Gasteiger partial charge in [-0.3, -0.25) is 10.2 Å². The summed E-state index contributed by atoms with van der Waals surface area (Å²) in [5.41, 5.74) is 3.24. The highest BCUT2D eigenvalue weighted by molar-refractivity contribution is 7.80. The van der Waals surface area contributed by atoms with E-state index in [2.05, 4.69) is 28.5 Å². The van der Waals surface area contributed by atoms with Crippen LogP contribution in [-0.4, -0.2) is 57.4 Å². The van der Waals surface area contributed by atoms with Gasteiger partial charge in [-0.15, -0.1) is 12.6 Å². The molecule has 136 valence electrons. The molecule has 1 fully saturated rings. The van der Waals surface area contributed by atoms with Crippen molar-refractivity contribution in [3.05, 3.63) is 24.0 Å². The van der Waals surface area contributed by atoms with E-state index in [0.717, 1.165) is 0 Å². The van der Waals surface area contributed by atoms with Crippen LogP contribution in [0.5, 0.6) is 0 Å². The minimum atomic E-state index is -0.504. The third-order valence-electron chi connectivity index (χ3n) is 3.92. The van der Waals surface area contributed by atoms with Crippen LogP contribution in [0.15, 0.2) is 23.3 Å². The summed E-state index contributed by atoms with van der Waals surface area (Å²) in [6.07, 6.45) is 0.674. The third-order valence-corrected chi connectivity index (χ3v) is 4.32. The maximum Gasteiger partial charge on any atom is 0.414 e. The van der Waals surface area contributed by atoms with Crippen LogP contribution in [0.4, 0.5) is 20.6 Å². The summed E-state index contributed by atoms with van der Waals surface area (Å²) in [6.45, 7) is 1.97. The summed E-state index contributed by atoms with van der Waals surface area (Å²) in [5.74, 6) is -0.421. The first-order valence-electron chi connectivity index (χ1n) is 7.83. The fourth-order valence-corrected chi connectivity index (χ4v) is 2.74. The zero-order valence-electron chi connectivity index (χ0n) is 13.7. The van der Waals surface area contributed by atoms with E-state index in [1.807, 2.05) is 0 Å². The SMILES string of the molecule is COC(S)NC[C@H]1CN(c2ccc(N3C=NNCC3)c(F)c2)C(=O)O1. The molecule has 0 bridgehead atoms. The molecule has 2 atom stereocenters. The summed E-state index contributed by atoms with van der Waals surface area (Å²) < 4.78 is 24.7. The lowest BCUT2D eigenvalue weighted by molar-refractivity contribution is 0.111. The number of halogens is 1. The number of methoxy groups -OCH3 is 1. The van der Waals surface area contributed by atoms with Crippen LogP contribution >= 0.6 is 12.6 Å². The average molecular weight is 369 g/mol. The van der Waals surface area contributed by atoms with E-state index in [0.29, 0.717) is 37.6 Å². The molecule has 2 N–H and O–H groups in total. The molecule has 2 aliphatic rings. The van der Waals surface area contributed by atoms with Gasteiger partial charge in [0.1, 0.15) is 18.3 Å². The Hall–Kier alpha value is -2.04. The number of carbonyl (C=O) groups excluding carboxylic acids is 1. The smallest absolute Gasteiger partial charge is 0.414 e. The number of amides is 1. The summed E-state index contributed by atoms with van der Waals surface area (Å²) in [4.78, 5) is 15.2. The number of hydrazone groups is 1. The number of hydrogen-bond donors (Lipinski definition) is 3. The van der Waals surface area contributed by atoms with E-state index < -0.39 is 17.5 Å². The zero-order valence-corrected chi connectivity index (χ0v) is 14.6. The van der Waals surface area contributed by atoms with Crippen molar-refractivity contribution in [3.63, 3.8) is 0 Å². The van der Waals surface area contributed by atoms with Crippen molar-refractivity contribution in [1.29, 1.82) is 0 Å². The highest BCUT2D eigenvalue weighted by Gasteiger charge is 2.33. The first-order valence-corrected chi connectivity index (χ1v) is 8.35. The molecule has 8 nitrogen and oxygen atoms in total. The molecule has 1 aromatic carbocycles. The molecule has 0 saturated carbocycles. The molecule has 2 aliphatic heterocycles. The Kier molecular flexibility index (Phi) is 5.61. The molecular formula is C15H20FN5O3S. The van der Waals surface area contributed by atoms with Crippen molar-refractivity contribution >= 4 is 36.4 Å². The first-order chi connectivity index (χ1) is 12.1. The van der Waals surface area contributed by atoms with Crippen LogP contribution < -0.4 is 20.5 Å². The van der Waals surface area contributed by atoms with E-state index >= 15 is 0 Å². The molecule has 0 aromatic heterocycles. The van der Waals surface area contributed by atoms with Crippen LogP contribution in [0, 0.1) is 5.82 Å². The number of benzene rings is 1. The van der Waals surface area contributed by atoms with Crippen molar-refractivity contribution in [2.24, 2.45) is 5.10 Å². The molecule has 3 rings (SSSR count). The fraction of sp³-hybridized carbons (Fsp3) is 0.467. The van der Waals surface area contributed by atoms with Gasteiger partial charge in [0.15, 0.2) is 5.56 Å². The number of ether oxygens (including phenoxy) is 2. The predicted octanol–water partition coefficient (Wildman–Crippen LogP) is 0.953. The lowest BCUT2D eigenvalue weighted by atomic mass is 10.2. The largest absolute Gasteiger partial charge is 0.443 e. The second kappa shape index (κ2) is 7.89. The standard InChI is InChI=1S/C15H20FN5O3S/c1-23-14(25)17-7-11-8-21(15(22)24-11)10-2-3-13(12(16)6-10)20-5-4-18-19-9-20/h2-3,6,9,11,14,17-18,25H,4-5,7-8H2,1H3/t11-,14?/m0/s1. The first kappa shape index (κ1) is 17.8. The molecule has 0 spiro atoms. The number of cyclic esters (lactones) is 1. The summed E-state index contributed by atoms with van der Waals surface area (Å²) in [5, 5.41) is 6.88. The number of nitrogens with zero attached hydrogens (tertiary/aromatic N) is 3. The predicted molar refractivity (Wildman–Crippen MR) is 95.6 cm³/mol. The van der Waals surface area contributed by atoms with Crippen molar-refractivity contribution < 1.29 is 18.7 Å². The highest BCUT2D eigenvalue weighted by atomic mass is 32.1. The average Bonchev–Trinajstić information content (AvgIpc) is 3.01. The van der Waals surface area contributed by atoms with Crippen LogP contribution in [-0.2, 0) is 9.47 Å². The Morgan fingerprint density at radius 3 is 3.12 bits per heavy atom. The minimum absolute atomic E-state index is 0.323. The number of rotatable bonds is 6. The zero-order chi connectivity index (χ0) is 17.8.